The lowest BCUT2D eigenvalue weighted by Gasteiger charge is -2.10. The molecule has 2 amide bonds. The summed E-state index contributed by atoms with van der Waals surface area (Å²) in [6.45, 7) is 0.265. The number of halogens is 1. The van der Waals surface area contributed by atoms with Gasteiger partial charge in [0.25, 0.3) is 5.56 Å². The van der Waals surface area contributed by atoms with Gasteiger partial charge >= 0.3 is 0 Å². The lowest BCUT2D eigenvalue weighted by Crippen LogP contribution is -2.33. The van der Waals surface area contributed by atoms with Gasteiger partial charge in [0.15, 0.2) is 0 Å². The van der Waals surface area contributed by atoms with Gasteiger partial charge in [-0.1, -0.05) is 17.7 Å². The van der Waals surface area contributed by atoms with E-state index in [2.05, 4.69) is 15.6 Å². The van der Waals surface area contributed by atoms with E-state index >= 15 is 0 Å². The molecule has 0 radical (unpaired) electrons. The van der Waals surface area contributed by atoms with Gasteiger partial charge in [-0.05, 0) is 55.9 Å². The Morgan fingerprint density at radius 1 is 1.19 bits per heavy atom. The minimum atomic E-state index is -0.275. The standard InChI is InChI=1S/C22H23ClN4O3S/c23-14-5-3-6-15(11-14)26-18(28)9-4-10-24-19(29)12-27-13-25-21-20(22(27)30)16-7-1-2-8-17(16)31-21/h3,5-6,11,13H,1-2,4,7-10,12H2,(H,24,29)(H,26,28). The van der Waals surface area contributed by atoms with Gasteiger partial charge in [0, 0.05) is 28.6 Å². The zero-order valence-electron chi connectivity index (χ0n) is 16.9. The predicted octanol–water partition coefficient (Wildman–Crippen LogP) is 3.53. The predicted molar refractivity (Wildman–Crippen MR) is 123 cm³/mol. The van der Waals surface area contributed by atoms with Gasteiger partial charge in [-0.15, -0.1) is 11.3 Å². The highest BCUT2D eigenvalue weighted by Gasteiger charge is 2.20. The number of hydrogen-bond donors (Lipinski definition) is 2. The first-order chi connectivity index (χ1) is 15.0. The Bertz CT molecular complexity index is 1190. The van der Waals surface area contributed by atoms with Crippen molar-refractivity contribution >= 4 is 50.7 Å². The largest absolute Gasteiger partial charge is 0.355 e. The molecule has 2 N–H and O–H groups in total. The number of nitrogens with one attached hydrogen (secondary N) is 2. The molecule has 162 valence electrons. The Labute approximate surface area is 188 Å². The van der Waals surface area contributed by atoms with Crippen molar-refractivity contribution in [3.8, 4) is 0 Å². The molecule has 0 saturated carbocycles. The summed E-state index contributed by atoms with van der Waals surface area (Å²) in [5, 5.41) is 6.76. The fourth-order valence-corrected chi connectivity index (χ4v) is 5.18. The molecule has 2 heterocycles. The average Bonchev–Trinajstić information content (AvgIpc) is 3.13. The van der Waals surface area contributed by atoms with Crippen molar-refractivity contribution < 1.29 is 9.59 Å². The highest BCUT2D eigenvalue weighted by Crippen LogP contribution is 2.33. The third-order valence-electron chi connectivity index (χ3n) is 5.27. The number of thiophene rings is 1. The first-order valence-corrected chi connectivity index (χ1v) is 11.5. The molecule has 1 aromatic carbocycles. The first-order valence-electron chi connectivity index (χ1n) is 10.3. The fourth-order valence-electron chi connectivity index (χ4n) is 3.77. The molecule has 4 rings (SSSR count). The molecule has 1 aliphatic rings. The van der Waals surface area contributed by atoms with Gasteiger partial charge in [-0.2, -0.15) is 0 Å². The van der Waals surface area contributed by atoms with Crippen LogP contribution in [0.2, 0.25) is 5.02 Å². The fraction of sp³-hybridized carbons (Fsp3) is 0.364. The van der Waals surface area contributed by atoms with Crippen LogP contribution in [0.15, 0.2) is 35.4 Å². The number of carbonyl (C=O) groups is 2. The van der Waals surface area contributed by atoms with Crippen molar-refractivity contribution in [2.24, 2.45) is 0 Å². The molecule has 3 aromatic rings. The SMILES string of the molecule is O=C(Cn1cnc2sc3c(c2c1=O)CCCC3)NCCCC(=O)Nc1cccc(Cl)c1. The Morgan fingerprint density at radius 2 is 2.03 bits per heavy atom. The molecule has 0 saturated heterocycles. The van der Waals surface area contributed by atoms with Crippen molar-refractivity contribution in [2.75, 3.05) is 11.9 Å². The van der Waals surface area contributed by atoms with Crippen LogP contribution in [0.5, 0.6) is 0 Å². The van der Waals surface area contributed by atoms with Crippen LogP contribution in [0, 0.1) is 0 Å². The van der Waals surface area contributed by atoms with Gasteiger partial charge < -0.3 is 10.6 Å². The van der Waals surface area contributed by atoms with Crippen molar-refractivity contribution in [3.63, 3.8) is 0 Å². The first kappa shape index (κ1) is 21.5. The third kappa shape index (κ3) is 5.14. The average molecular weight is 459 g/mol. The number of benzene rings is 1. The van der Waals surface area contributed by atoms with Gasteiger partial charge in [0.2, 0.25) is 11.8 Å². The van der Waals surface area contributed by atoms with Gasteiger partial charge in [-0.3, -0.25) is 19.0 Å². The molecule has 0 spiro atoms. The van der Waals surface area contributed by atoms with Crippen LogP contribution in [0.1, 0.15) is 36.1 Å². The smallest absolute Gasteiger partial charge is 0.262 e. The van der Waals surface area contributed by atoms with E-state index in [-0.39, 0.29) is 30.3 Å². The maximum absolute atomic E-state index is 12.9. The van der Waals surface area contributed by atoms with Crippen LogP contribution in [0.3, 0.4) is 0 Å². The number of nitrogens with zero attached hydrogens (tertiary/aromatic N) is 2. The lowest BCUT2D eigenvalue weighted by atomic mass is 9.97. The summed E-state index contributed by atoms with van der Waals surface area (Å²) in [7, 11) is 0. The van der Waals surface area contributed by atoms with Crippen LogP contribution < -0.4 is 16.2 Å². The summed E-state index contributed by atoms with van der Waals surface area (Å²) >= 11 is 7.49. The molecule has 1 aliphatic carbocycles. The Kier molecular flexibility index (Phi) is 6.67. The minimum absolute atomic E-state index is 0.0822. The topological polar surface area (TPSA) is 93.1 Å². The van der Waals surface area contributed by atoms with Crippen LogP contribution >= 0.6 is 22.9 Å². The second-order valence-corrected chi connectivity index (χ2v) is 9.10. The zero-order valence-corrected chi connectivity index (χ0v) is 18.5. The van der Waals surface area contributed by atoms with Crippen molar-refractivity contribution in [2.45, 2.75) is 45.1 Å². The second-order valence-electron chi connectivity index (χ2n) is 7.58. The highest BCUT2D eigenvalue weighted by atomic mass is 35.5. The molecule has 2 aromatic heterocycles. The Morgan fingerprint density at radius 3 is 2.87 bits per heavy atom. The number of fused-ring (bicyclic) bond motifs is 3. The van der Waals surface area contributed by atoms with Crippen LogP contribution in [-0.4, -0.2) is 27.9 Å². The molecule has 0 aliphatic heterocycles. The van der Waals surface area contributed by atoms with E-state index in [0.717, 1.165) is 36.1 Å². The van der Waals surface area contributed by atoms with Crippen molar-refractivity contribution in [1.29, 1.82) is 0 Å². The van der Waals surface area contributed by atoms with Crippen molar-refractivity contribution in [1.82, 2.24) is 14.9 Å². The van der Waals surface area contributed by atoms with E-state index < -0.39 is 0 Å². The molecule has 0 bridgehead atoms. The van der Waals surface area contributed by atoms with Gasteiger partial charge in [0.1, 0.15) is 11.4 Å². The third-order valence-corrected chi connectivity index (χ3v) is 6.70. The highest BCUT2D eigenvalue weighted by molar-refractivity contribution is 7.18. The molecule has 31 heavy (non-hydrogen) atoms. The molecule has 0 fully saturated rings. The number of rotatable bonds is 7. The van der Waals surface area contributed by atoms with E-state index in [4.69, 9.17) is 11.6 Å². The normalized spacial score (nSPS) is 13.1. The maximum Gasteiger partial charge on any atom is 0.262 e. The molecule has 9 heteroatoms. The molecule has 0 unspecified atom stereocenters. The van der Waals surface area contributed by atoms with Crippen molar-refractivity contribution in [3.05, 3.63) is 56.4 Å². The molecule has 0 atom stereocenters. The van der Waals surface area contributed by atoms with Gasteiger partial charge in [-0.25, -0.2) is 4.98 Å². The molecular formula is C22H23ClN4O3S. The number of anilines is 1. The van der Waals surface area contributed by atoms with Crippen LogP contribution in [0.4, 0.5) is 5.69 Å². The van der Waals surface area contributed by atoms with Gasteiger partial charge in [0.05, 0.1) is 11.7 Å². The summed E-state index contributed by atoms with van der Waals surface area (Å²) < 4.78 is 1.37. The zero-order chi connectivity index (χ0) is 21.8. The minimum Gasteiger partial charge on any atom is -0.355 e. The maximum atomic E-state index is 12.9. The Balaban J connectivity index is 1.28. The van der Waals surface area contributed by atoms with E-state index in [9.17, 15) is 14.4 Å². The number of carbonyl (C=O) groups excluding carboxylic acids is 2. The quantitative estimate of drug-likeness (QED) is 0.530. The van der Waals surface area contributed by atoms with Crippen LogP contribution in [-0.2, 0) is 29.0 Å². The van der Waals surface area contributed by atoms with E-state index in [1.165, 1.54) is 15.8 Å². The van der Waals surface area contributed by atoms with E-state index in [1.807, 2.05) is 0 Å². The number of hydrogen-bond acceptors (Lipinski definition) is 5. The lowest BCUT2D eigenvalue weighted by molar-refractivity contribution is -0.122. The summed E-state index contributed by atoms with van der Waals surface area (Å²) in [6, 6.07) is 6.93. The molecule has 7 nitrogen and oxygen atoms in total. The summed E-state index contributed by atoms with van der Waals surface area (Å²) in [5.41, 5.74) is 1.60. The van der Waals surface area contributed by atoms with E-state index in [0.29, 0.717) is 29.1 Å². The second kappa shape index (κ2) is 9.62. The number of aryl methyl sites for hydroxylation is 2. The van der Waals surface area contributed by atoms with Crippen LogP contribution in [0.25, 0.3) is 10.2 Å². The summed E-state index contributed by atoms with van der Waals surface area (Å²) in [4.78, 5) is 43.6. The monoisotopic (exact) mass is 458 g/mol. The molecular weight excluding hydrogens is 436 g/mol. The number of amides is 2. The summed E-state index contributed by atoms with van der Waals surface area (Å²) in [6.07, 6.45) is 6.33. The summed E-state index contributed by atoms with van der Waals surface area (Å²) in [5.74, 6) is -0.424. The Hall–Kier alpha value is -2.71. The number of aromatic nitrogens is 2. The van der Waals surface area contributed by atoms with E-state index in [1.54, 1.807) is 35.6 Å².